The number of hydrogen-bond donors (Lipinski definition) is 0. The summed E-state index contributed by atoms with van der Waals surface area (Å²) in [5.74, 6) is 0. The van der Waals surface area contributed by atoms with E-state index < -0.39 is 0 Å². The monoisotopic (exact) mass is 288 g/mol. The van der Waals surface area contributed by atoms with E-state index in [1.54, 1.807) is 0 Å². The van der Waals surface area contributed by atoms with Gasteiger partial charge in [-0.05, 0) is 49.3 Å². The number of nitriles is 1. The summed E-state index contributed by atoms with van der Waals surface area (Å²) in [4.78, 5) is 2.42. The number of piperidine rings is 1. The zero-order chi connectivity index (χ0) is 14.0. The summed E-state index contributed by atoms with van der Waals surface area (Å²) in [5, 5.41) is 9.51. The lowest BCUT2D eigenvalue weighted by Crippen LogP contribution is -2.41. The van der Waals surface area contributed by atoms with Crippen LogP contribution in [0.15, 0.2) is 18.2 Å². The summed E-state index contributed by atoms with van der Waals surface area (Å²) < 4.78 is 0. The number of halogens is 1. The molecule has 1 aromatic rings. The molecule has 0 aromatic heterocycles. The van der Waals surface area contributed by atoms with Gasteiger partial charge >= 0.3 is 0 Å². The van der Waals surface area contributed by atoms with Gasteiger partial charge in [-0.3, -0.25) is 0 Å². The van der Waals surface area contributed by atoms with Crippen molar-refractivity contribution in [3.05, 3.63) is 28.8 Å². The van der Waals surface area contributed by atoms with Crippen molar-refractivity contribution in [2.45, 2.75) is 44.9 Å². The molecule has 1 saturated carbocycles. The minimum Gasteiger partial charge on any atom is -0.371 e. The molecule has 0 unspecified atom stereocenters. The second kappa shape index (κ2) is 5.66. The summed E-state index contributed by atoms with van der Waals surface area (Å²) in [6.45, 7) is 2.25. The Morgan fingerprint density at radius 1 is 1.05 bits per heavy atom. The maximum Gasteiger partial charge on any atom is 0.101 e. The standard InChI is InChI=1S/C17H21ClN2/c18-16-12-15(5-4-14(16)13-19)20-10-8-17(9-11-20)6-2-1-3-7-17/h4-5,12H,1-3,6-11H2. The first-order valence-electron chi connectivity index (χ1n) is 7.67. The Labute approximate surface area is 126 Å². The van der Waals surface area contributed by atoms with Crippen LogP contribution in [0.4, 0.5) is 5.69 Å². The van der Waals surface area contributed by atoms with E-state index >= 15 is 0 Å². The second-order valence-corrected chi connectivity index (χ2v) is 6.73. The average Bonchev–Trinajstić information content (AvgIpc) is 2.49. The molecule has 3 rings (SSSR count). The van der Waals surface area contributed by atoms with Crippen LogP contribution >= 0.6 is 11.6 Å². The van der Waals surface area contributed by atoms with E-state index in [0.29, 0.717) is 16.0 Å². The Bertz CT molecular complexity index is 516. The SMILES string of the molecule is N#Cc1ccc(N2CCC3(CCCCC3)CC2)cc1Cl. The summed E-state index contributed by atoms with van der Waals surface area (Å²) in [6, 6.07) is 7.93. The van der Waals surface area contributed by atoms with E-state index in [1.165, 1.54) is 50.6 Å². The lowest BCUT2D eigenvalue weighted by molar-refractivity contribution is 0.144. The van der Waals surface area contributed by atoms with Crippen LogP contribution in [-0.2, 0) is 0 Å². The van der Waals surface area contributed by atoms with Gasteiger partial charge in [0.2, 0.25) is 0 Å². The van der Waals surface area contributed by atoms with Crippen molar-refractivity contribution in [1.29, 1.82) is 5.26 Å². The molecule has 1 aromatic carbocycles. The maximum absolute atomic E-state index is 8.94. The normalized spacial score (nSPS) is 21.7. The Hall–Kier alpha value is -1.20. The fourth-order valence-electron chi connectivity index (χ4n) is 3.83. The molecule has 2 aliphatic rings. The molecular weight excluding hydrogens is 268 g/mol. The van der Waals surface area contributed by atoms with Gasteiger partial charge in [-0.1, -0.05) is 30.9 Å². The number of benzene rings is 1. The van der Waals surface area contributed by atoms with Gasteiger partial charge in [0, 0.05) is 18.8 Å². The van der Waals surface area contributed by atoms with Gasteiger partial charge in [0.1, 0.15) is 6.07 Å². The van der Waals surface area contributed by atoms with Crippen molar-refractivity contribution < 1.29 is 0 Å². The van der Waals surface area contributed by atoms with Gasteiger partial charge in [0.05, 0.1) is 10.6 Å². The van der Waals surface area contributed by atoms with Gasteiger partial charge in [-0.25, -0.2) is 0 Å². The van der Waals surface area contributed by atoms with Gasteiger partial charge in [0.15, 0.2) is 0 Å². The minimum atomic E-state index is 0.566. The smallest absolute Gasteiger partial charge is 0.101 e. The number of hydrogen-bond acceptors (Lipinski definition) is 2. The summed E-state index contributed by atoms with van der Waals surface area (Å²) in [7, 11) is 0. The largest absolute Gasteiger partial charge is 0.371 e. The van der Waals surface area contributed by atoms with E-state index in [1.807, 2.05) is 18.2 Å². The first-order valence-corrected chi connectivity index (χ1v) is 8.05. The van der Waals surface area contributed by atoms with E-state index in [9.17, 15) is 0 Å². The van der Waals surface area contributed by atoms with Crippen LogP contribution in [0.3, 0.4) is 0 Å². The Kier molecular flexibility index (Phi) is 3.89. The third-order valence-electron chi connectivity index (χ3n) is 5.18. The quantitative estimate of drug-likeness (QED) is 0.745. The third-order valence-corrected chi connectivity index (χ3v) is 5.49. The zero-order valence-electron chi connectivity index (χ0n) is 11.9. The molecule has 20 heavy (non-hydrogen) atoms. The molecule has 0 amide bonds. The molecule has 3 heteroatoms. The van der Waals surface area contributed by atoms with Crippen LogP contribution in [-0.4, -0.2) is 13.1 Å². The highest BCUT2D eigenvalue weighted by Crippen LogP contribution is 2.45. The second-order valence-electron chi connectivity index (χ2n) is 6.32. The lowest BCUT2D eigenvalue weighted by Gasteiger charge is -2.45. The van der Waals surface area contributed by atoms with Crippen molar-refractivity contribution in [1.82, 2.24) is 0 Å². The fourth-order valence-corrected chi connectivity index (χ4v) is 4.05. The van der Waals surface area contributed by atoms with Crippen LogP contribution in [0.1, 0.15) is 50.5 Å². The molecule has 0 bridgehead atoms. The predicted octanol–water partition coefficient (Wildman–Crippen LogP) is 4.76. The first kappa shape index (κ1) is 13.8. The summed E-state index contributed by atoms with van der Waals surface area (Å²) >= 11 is 6.14. The first-order chi connectivity index (χ1) is 9.72. The van der Waals surface area contributed by atoms with Gasteiger partial charge in [0.25, 0.3) is 0 Å². The Morgan fingerprint density at radius 3 is 2.35 bits per heavy atom. The average molecular weight is 289 g/mol. The van der Waals surface area contributed by atoms with Crippen molar-refractivity contribution in [2.75, 3.05) is 18.0 Å². The van der Waals surface area contributed by atoms with Crippen LogP contribution in [0, 0.1) is 16.7 Å². The van der Waals surface area contributed by atoms with Crippen LogP contribution in [0.5, 0.6) is 0 Å². The van der Waals surface area contributed by atoms with Crippen LogP contribution in [0.25, 0.3) is 0 Å². The molecule has 106 valence electrons. The number of rotatable bonds is 1. The van der Waals surface area contributed by atoms with Crippen molar-refractivity contribution in [2.24, 2.45) is 5.41 Å². The van der Waals surface area contributed by atoms with E-state index in [-0.39, 0.29) is 0 Å². The van der Waals surface area contributed by atoms with E-state index in [4.69, 9.17) is 16.9 Å². The number of nitrogens with zero attached hydrogens (tertiary/aromatic N) is 2. The maximum atomic E-state index is 8.94. The third kappa shape index (κ3) is 2.65. The topological polar surface area (TPSA) is 27.0 Å². The van der Waals surface area contributed by atoms with E-state index in [2.05, 4.69) is 11.0 Å². The molecule has 2 fully saturated rings. The summed E-state index contributed by atoms with van der Waals surface area (Å²) in [6.07, 6.45) is 9.74. The Morgan fingerprint density at radius 2 is 1.75 bits per heavy atom. The Balaban J connectivity index is 1.69. The molecule has 0 radical (unpaired) electrons. The van der Waals surface area contributed by atoms with E-state index in [0.717, 1.165) is 13.1 Å². The number of anilines is 1. The van der Waals surface area contributed by atoms with Gasteiger partial charge in [-0.2, -0.15) is 5.26 Å². The lowest BCUT2D eigenvalue weighted by atomic mass is 9.68. The molecule has 0 N–H and O–H groups in total. The molecule has 1 aliphatic carbocycles. The van der Waals surface area contributed by atoms with Crippen LogP contribution < -0.4 is 4.90 Å². The molecule has 2 nitrogen and oxygen atoms in total. The highest BCUT2D eigenvalue weighted by Gasteiger charge is 2.35. The van der Waals surface area contributed by atoms with Crippen molar-refractivity contribution in [3.63, 3.8) is 0 Å². The summed E-state index contributed by atoms with van der Waals surface area (Å²) in [5.41, 5.74) is 2.36. The van der Waals surface area contributed by atoms with Crippen molar-refractivity contribution >= 4 is 17.3 Å². The molecule has 1 saturated heterocycles. The fraction of sp³-hybridized carbons (Fsp3) is 0.588. The zero-order valence-corrected chi connectivity index (χ0v) is 12.6. The van der Waals surface area contributed by atoms with Crippen LogP contribution in [0.2, 0.25) is 5.02 Å². The molecular formula is C17H21ClN2. The molecule has 1 spiro atoms. The minimum absolute atomic E-state index is 0.566. The van der Waals surface area contributed by atoms with Gasteiger partial charge < -0.3 is 4.90 Å². The molecule has 1 heterocycles. The van der Waals surface area contributed by atoms with Crippen molar-refractivity contribution in [3.8, 4) is 6.07 Å². The highest BCUT2D eigenvalue weighted by atomic mass is 35.5. The predicted molar refractivity (Wildman–Crippen MR) is 83.1 cm³/mol. The molecule has 1 aliphatic heterocycles. The van der Waals surface area contributed by atoms with Gasteiger partial charge in [-0.15, -0.1) is 0 Å². The highest BCUT2D eigenvalue weighted by molar-refractivity contribution is 6.32. The molecule has 0 atom stereocenters.